The van der Waals surface area contributed by atoms with E-state index in [1.54, 1.807) is 0 Å². The van der Waals surface area contributed by atoms with Gasteiger partial charge in [0.25, 0.3) is 6.71 Å². The standard InChI is InChI=1S/C64H46BN3O/c1-6-17-46-47-20-11-14-23-55(47)66(54(46)7-2)44-27-28-58-50(35-44)51-36-45(67-56-24-15-12-21-48(56)49-22-13-16-25-57(49)67)37-53-64(51)68(58)59-33-43(62-39(4)30-38(3)31-40(62)5)34-61-63(59)65(53)52-32-42(26-29-60(52)69-61)41-18-9-8-10-19-41/h6-37H,2H2,1,3-5H3/b17-6-. The summed E-state index contributed by atoms with van der Waals surface area (Å²) < 4.78 is 14.6. The van der Waals surface area contributed by atoms with Crippen LogP contribution in [-0.4, -0.2) is 20.4 Å². The molecule has 0 bridgehead atoms. The third-order valence-corrected chi connectivity index (χ3v) is 15.0. The number of allylic oxidation sites excluding steroid dienone is 1. The number of hydrogen-bond acceptors (Lipinski definition) is 1. The third kappa shape index (κ3) is 5.59. The molecule has 0 fully saturated rings. The van der Waals surface area contributed by atoms with E-state index in [0.29, 0.717) is 0 Å². The first kappa shape index (κ1) is 39.6. The van der Waals surface area contributed by atoms with Crippen LogP contribution in [0.2, 0.25) is 0 Å². The molecular weight excluding hydrogens is 838 g/mol. The lowest BCUT2D eigenvalue weighted by molar-refractivity contribution is 0.487. The zero-order chi connectivity index (χ0) is 46.2. The van der Waals surface area contributed by atoms with Crippen molar-refractivity contribution in [3.8, 4) is 50.8 Å². The fourth-order valence-electron chi connectivity index (χ4n) is 12.4. The summed E-state index contributed by atoms with van der Waals surface area (Å²) in [7, 11) is 0. The Labute approximate surface area is 401 Å². The summed E-state index contributed by atoms with van der Waals surface area (Å²) >= 11 is 0. The van der Waals surface area contributed by atoms with Gasteiger partial charge in [0, 0.05) is 55.1 Å². The van der Waals surface area contributed by atoms with Crippen molar-refractivity contribution in [2.24, 2.45) is 0 Å². The molecule has 0 atom stereocenters. The Hall–Kier alpha value is -8.54. The number of hydrogen-bond donors (Lipinski definition) is 0. The van der Waals surface area contributed by atoms with E-state index in [1.165, 1.54) is 98.8 Å². The van der Waals surface area contributed by atoms with Crippen molar-refractivity contribution >= 4 is 89.8 Å². The minimum Gasteiger partial charge on any atom is -0.458 e. The molecule has 0 amide bonds. The number of aryl methyl sites for hydroxylation is 3. The van der Waals surface area contributed by atoms with Crippen molar-refractivity contribution in [1.82, 2.24) is 13.7 Å². The molecule has 9 aromatic carbocycles. The Balaban J connectivity index is 1.15. The number of para-hydroxylation sites is 3. The van der Waals surface area contributed by atoms with Gasteiger partial charge in [-0.1, -0.05) is 133 Å². The highest BCUT2D eigenvalue weighted by Gasteiger charge is 2.42. The van der Waals surface area contributed by atoms with Gasteiger partial charge < -0.3 is 18.4 Å². The Kier molecular flexibility index (Phi) is 8.46. The van der Waals surface area contributed by atoms with Gasteiger partial charge in [-0.05, 0) is 150 Å². The highest BCUT2D eigenvalue weighted by Crippen LogP contribution is 2.44. The summed E-state index contributed by atoms with van der Waals surface area (Å²) in [5.41, 5.74) is 23.7. The molecule has 0 saturated heterocycles. The second-order valence-electron chi connectivity index (χ2n) is 19.0. The molecule has 69 heavy (non-hydrogen) atoms. The third-order valence-electron chi connectivity index (χ3n) is 15.0. The molecule has 5 heterocycles. The van der Waals surface area contributed by atoms with Crippen LogP contribution in [0.3, 0.4) is 0 Å². The lowest BCUT2D eigenvalue weighted by atomic mass is 9.34. The van der Waals surface area contributed by atoms with Crippen molar-refractivity contribution in [3.05, 3.63) is 217 Å². The predicted octanol–water partition coefficient (Wildman–Crippen LogP) is 14.7. The number of aromatic nitrogens is 3. The number of fused-ring (bicyclic) bond motifs is 11. The van der Waals surface area contributed by atoms with Gasteiger partial charge in [0.15, 0.2) is 0 Å². The minimum absolute atomic E-state index is 0.118. The zero-order valence-corrected chi connectivity index (χ0v) is 39.0. The second-order valence-corrected chi connectivity index (χ2v) is 19.0. The molecule has 2 aliphatic heterocycles. The molecule has 5 heteroatoms. The quantitative estimate of drug-likeness (QED) is 0.153. The number of benzene rings is 9. The average Bonchev–Trinajstić information content (AvgIpc) is 4.00. The van der Waals surface area contributed by atoms with Crippen molar-refractivity contribution in [3.63, 3.8) is 0 Å². The van der Waals surface area contributed by atoms with Crippen LogP contribution in [0.4, 0.5) is 0 Å². The van der Waals surface area contributed by atoms with Crippen LogP contribution < -0.4 is 21.1 Å². The predicted molar refractivity (Wildman–Crippen MR) is 293 cm³/mol. The van der Waals surface area contributed by atoms with Crippen LogP contribution in [0.1, 0.15) is 34.9 Å². The largest absolute Gasteiger partial charge is 0.458 e. The van der Waals surface area contributed by atoms with E-state index in [9.17, 15) is 0 Å². The van der Waals surface area contributed by atoms with Crippen molar-refractivity contribution in [2.45, 2.75) is 27.7 Å². The minimum atomic E-state index is -0.118. The average molecular weight is 884 g/mol. The van der Waals surface area contributed by atoms with E-state index in [4.69, 9.17) is 4.74 Å². The fraction of sp³-hybridized carbons (Fsp3) is 0.0625. The van der Waals surface area contributed by atoms with Gasteiger partial charge in [-0.15, -0.1) is 0 Å². The van der Waals surface area contributed by atoms with Gasteiger partial charge >= 0.3 is 0 Å². The van der Waals surface area contributed by atoms with E-state index in [1.807, 2.05) is 6.08 Å². The Morgan fingerprint density at radius 3 is 1.86 bits per heavy atom. The van der Waals surface area contributed by atoms with Crippen LogP contribution >= 0.6 is 0 Å². The molecule has 0 N–H and O–H groups in total. The molecule has 14 rings (SSSR count). The number of ether oxygens (including phenoxy) is 1. The summed E-state index contributed by atoms with van der Waals surface area (Å²) in [6.07, 6.45) is 6.34. The molecule has 4 nitrogen and oxygen atoms in total. The summed E-state index contributed by atoms with van der Waals surface area (Å²) in [6.45, 7) is 13.0. The molecule has 0 aliphatic carbocycles. The summed E-state index contributed by atoms with van der Waals surface area (Å²) in [6, 6.07) is 65.3. The van der Waals surface area contributed by atoms with Crippen LogP contribution in [0.5, 0.6) is 11.5 Å². The lowest BCUT2D eigenvalue weighted by Crippen LogP contribution is -2.58. The van der Waals surface area contributed by atoms with Gasteiger partial charge in [-0.3, -0.25) is 0 Å². The molecule has 0 saturated carbocycles. The van der Waals surface area contributed by atoms with Gasteiger partial charge in [0.2, 0.25) is 0 Å². The van der Waals surface area contributed by atoms with Crippen molar-refractivity contribution < 1.29 is 4.74 Å². The number of rotatable bonds is 6. The van der Waals surface area contributed by atoms with Crippen molar-refractivity contribution in [2.75, 3.05) is 0 Å². The Morgan fingerprint density at radius 1 is 0.493 bits per heavy atom. The number of nitrogens with zero attached hydrogens (tertiary/aromatic N) is 3. The SMILES string of the molecule is C=Cc1c(/C=C\C)c2ccccc2n1-c1ccc2c(c1)c1cc(-n3c4ccccc4c4ccccc43)cc3c1n2-c1cc(-c2c(C)cc(C)cc2C)cc2c1B3c1cc(-c3ccccc3)ccc1O2. The first-order chi connectivity index (χ1) is 33.9. The fourth-order valence-corrected chi connectivity index (χ4v) is 12.4. The van der Waals surface area contributed by atoms with Crippen LogP contribution in [0.15, 0.2) is 189 Å². The van der Waals surface area contributed by atoms with Gasteiger partial charge in [-0.2, -0.15) is 0 Å². The molecular formula is C64H46BN3O. The molecule has 12 aromatic rings. The molecule has 0 spiro atoms. The van der Waals surface area contributed by atoms with Gasteiger partial charge in [-0.25, -0.2) is 0 Å². The van der Waals surface area contributed by atoms with E-state index >= 15 is 0 Å². The highest BCUT2D eigenvalue weighted by molar-refractivity contribution is 6.99. The Morgan fingerprint density at radius 2 is 1.14 bits per heavy atom. The van der Waals surface area contributed by atoms with Crippen molar-refractivity contribution in [1.29, 1.82) is 0 Å². The first-order valence-electron chi connectivity index (χ1n) is 24.0. The van der Waals surface area contributed by atoms with Gasteiger partial charge in [0.1, 0.15) is 11.5 Å². The zero-order valence-electron chi connectivity index (χ0n) is 39.0. The molecule has 3 aromatic heterocycles. The van der Waals surface area contributed by atoms with E-state index in [-0.39, 0.29) is 6.71 Å². The molecule has 2 aliphatic rings. The lowest BCUT2D eigenvalue weighted by Gasteiger charge is -2.34. The van der Waals surface area contributed by atoms with E-state index < -0.39 is 0 Å². The highest BCUT2D eigenvalue weighted by atomic mass is 16.5. The summed E-state index contributed by atoms with van der Waals surface area (Å²) in [5, 5.41) is 6.08. The van der Waals surface area contributed by atoms with E-state index in [0.717, 1.165) is 50.9 Å². The maximum atomic E-state index is 7.23. The van der Waals surface area contributed by atoms with Crippen LogP contribution in [-0.2, 0) is 0 Å². The first-order valence-corrected chi connectivity index (χ1v) is 24.0. The van der Waals surface area contributed by atoms with E-state index in [2.05, 4.69) is 236 Å². The van der Waals surface area contributed by atoms with Gasteiger partial charge in [0.05, 0.1) is 27.8 Å². The second kappa shape index (κ2) is 14.7. The summed E-state index contributed by atoms with van der Waals surface area (Å²) in [5.74, 6) is 1.79. The topological polar surface area (TPSA) is 24.0 Å². The van der Waals surface area contributed by atoms with Crippen LogP contribution in [0.25, 0.3) is 106 Å². The maximum Gasteiger partial charge on any atom is 0.256 e. The van der Waals surface area contributed by atoms with Crippen LogP contribution in [0, 0.1) is 20.8 Å². The normalized spacial score (nSPS) is 12.7. The maximum absolute atomic E-state index is 7.23. The monoisotopic (exact) mass is 883 g/mol. The summed E-state index contributed by atoms with van der Waals surface area (Å²) in [4.78, 5) is 0. The Bertz CT molecular complexity index is 4160. The smallest absolute Gasteiger partial charge is 0.256 e. The molecule has 0 radical (unpaired) electrons. The molecule has 0 unspecified atom stereocenters. The molecule has 326 valence electrons.